The van der Waals surface area contributed by atoms with E-state index >= 15 is 0 Å². The van der Waals surface area contributed by atoms with E-state index in [1.807, 2.05) is 0 Å². The Morgan fingerprint density at radius 3 is 2.70 bits per heavy atom. The van der Waals surface area contributed by atoms with Crippen LogP contribution in [0.25, 0.3) is 0 Å². The summed E-state index contributed by atoms with van der Waals surface area (Å²) < 4.78 is 0. The van der Waals surface area contributed by atoms with Gasteiger partial charge in [-0.25, -0.2) is 0 Å². The molecule has 5 nitrogen and oxygen atoms in total. The summed E-state index contributed by atoms with van der Waals surface area (Å²) in [6.45, 7) is 6.75. The predicted octanol–water partition coefficient (Wildman–Crippen LogP) is 3.94. The molecule has 0 radical (unpaired) electrons. The van der Waals surface area contributed by atoms with Crippen LogP contribution in [0.15, 0.2) is 5.16 Å². The SMILES string of the molecule is CCC1C(=NOC2CCNC2)CCC2(CO)C1CCC1C3CCC(=O)C3(C)CCC12. The fourth-order valence-electron chi connectivity index (χ4n) is 8.67. The number of nitrogens with one attached hydrogen (secondary N) is 1. The first kappa shape index (κ1) is 20.9. The van der Waals surface area contributed by atoms with Crippen molar-refractivity contribution in [3.63, 3.8) is 0 Å². The molecule has 8 atom stereocenters. The van der Waals surface area contributed by atoms with Crippen molar-refractivity contribution in [1.82, 2.24) is 5.32 Å². The molecule has 0 aromatic carbocycles. The lowest BCUT2D eigenvalue weighted by molar-refractivity contribution is -0.148. The molecule has 4 saturated carbocycles. The minimum atomic E-state index is -0.0841. The molecule has 4 aliphatic carbocycles. The number of oxime groups is 1. The molecule has 5 rings (SSSR count). The van der Waals surface area contributed by atoms with Gasteiger partial charge in [0.2, 0.25) is 0 Å². The number of aliphatic hydroxyl groups is 1. The van der Waals surface area contributed by atoms with E-state index in [0.29, 0.717) is 42.0 Å². The minimum absolute atomic E-state index is 0.0183. The highest BCUT2D eigenvalue weighted by atomic mass is 16.6. The van der Waals surface area contributed by atoms with Gasteiger partial charge < -0.3 is 15.3 Å². The molecule has 2 N–H and O–H groups in total. The Labute approximate surface area is 181 Å². The third-order valence-electron chi connectivity index (χ3n) is 10.3. The van der Waals surface area contributed by atoms with Crippen LogP contribution in [0.4, 0.5) is 0 Å². The zero-order valence-corrected chi connectivity index (χ0v) is 18.9. The molecule has 5 fully saturated rings. The Kier molecular flexibility index (Phi) is 5.50. The molecule has 30 heavy (non-hydrogen) atoms. The molecule has 0 amide bonds. The summed E-state index contributed by atoms with van der Waals surface area (Å²) in [4.78, 5) is 18.6. The second-order valence-electron chi connectivity index (χ2n) is 11.2. The van der Waals surface area contributed by atoms with Crippen molar-refractivity contribution >= 4 is 11.5 Å². The summed E-state index contributed by atoms with van der Waals surface area (Å²) in [6, 6.07) is 0. The van der Waals surface area contributed by atoms with Crippen molar-refractivity contribution < 1.29 is 14.7 Å². The summed E-state index contributed by atoms with van der Waals surface area (Å²) in [7, 11) is 0. The van der Waals surface area contributed by atoms with Crippen molar-refractivity contribution in [2.24, 2.45) is 45.6 Å². The average molecular weight is 417 g/mol. The van der Waals surface area contributed by atoms with Crippen molar-refractivity contribution in [1.29, 1.82) is 0 Å². The molecule has 0 aromatic heterocycles. The van der Waals surface area contributed by atoms with Crippen LogP contribution in [0.5, 0.6) is 0 Å². The van der Waals surface area contributed by atoms with Crippen LogP contribution in [0, 0.1) is 40.4 Å². The van der Waals surface area contributed by atoms with Crippen LogP contribution in [0.1, 0.15) is 78.1 Å². The van der Waals surface area contributed by atoms with Crippen LogP contribution in [-0.2, 0) is 9.63 Å². The van der Waals surface area contributed by atoms with Crippen molar-refractivity contribution in [2.75, 3.05) is 19.7 Å². The fraction of sp³-hybridized carbons (Fsp3) is 0.920. The third kappa shape index (κ3) is 3.02. The third-order valence-corrected chi connectivity index (χ3v) is 10.3. The number of hydrogen-bond donors (Lipinski definition) is 2. The molecular weight excluding hydrogens is 376 g/mol. The lowest BCUT2D eigenvalue weighted by Crippen LogP contribution is -2.58. The van der Waals surface area contributed by atoms with E-state index in [2.05, 4.69) is 19.2 Å². The van der Waals surface area contributed by atoms with Gasteiger partial charge in [-0.05, 0) is 81.6 Å². The zero-order chi connectivity index (χ0) is 20.9. The van der Waals surface area contributed by atoms with E-state index in [1.54, 1.807) is 0 Å². The molecule has 8 unspecified atom stereocenters. The second-order valence-corrected chi connectivity index (χ2v) is 11.2. The molecular formula is C25H40N2O3. The van der Waals surface area contributed by atoms with E-state index in [-0.39, 0.29) is 16.9 Å². The smallest absolute Gasteiger partial charge is 0.141 e. The maximum atomic E-state index is 12.7. The van der Waals surface area contributed by atoms with Gasteiger partial charge in [-0.2, -0.15) is 0 Å². The maximum absolute atomic E-state index is 12.7. The molecule has 168 valence electrons. The molecule has 1 aliphatic heterocycles. The molecule has 1 heterocycles. The summed E-state index contributed by atoms with van der Waals surface area (Å²) in [5.74, 6) is 3.18. The van der Waals surface area contributed by atoms with Gasteiger partial charge in [-0.3, -0.25) is 4.79 Å². The molecule has 0 aromatic rings. The molecule has 5 aliphatic rings. The largest absolute Gasteiger partial charge is 0.396 e. The highest BCUT2D eigenvalue weighted by Crippen LogP contribution is 2.66. The first-order valence-electron chi connectivity index (χ1n) is 12.6. The van der Waals surface area contributed by atoms with E-state index in [4.69, 9.17) is 9.99 Å². The number of carbonyl (C=O) groups excluding carboxylic acids is 1. The van der Waals surface area contributed by atoms with E-state index in [1.165, 1.54) is 18.6 Å². The van der Waals surface area contributed by atoms with Gasteiger partial charge in [0, 0.05) is 42.7 Å². The molecule has 1 saturated heterocycles. The Morgan fingerprint density at radius 2 is 1.97 bits per heavy atom. The number of ketones is 1. The van der Waals surface area contributed by atoms with Crippen molar-refractivity contribution in [3.8, 4) is 0 Å². The van der Waals surface area contributed by atoms with E-state index in [0.717, 1.165) is 64.5 Å². The van der Waals surface area contributed by atoms with Crippen LogP contribution in [-0.4, -0.2) is 42.4 Å². The quantitative estimate of drug-likeness (QED) is 0.681. The number of rotatable bonds is 4. The topological polar surface area (TPSA) is 70.9 Å². The van der Waals surface area contributed by atoms with Gasteiger partial charge in [0.05, 0.1) is 5.71 Å². The van der Waals surface area contributed by atoms with Crippen LogP contribution in [0.2, 0.25) is 0 Å². The summed E-state index contributed by atoms with van der Waals surface area (Å²) in [6.07, 6.45) is 10.7. The summed E-state index contributed by atoms with van der Waals surface area (Å²) in [5, 5.41) is 18.9. The fourth-order valence-corrected chi connectivity index (χ4v) is 8.67. The number of Topliss-reactive ketones (excluding diaryl/α,β-unsaturated/α-hetero) is 1. The van der Waals surface area contributed by atoms with Gasteiger partial charge in [0.1, 0.15) is 11.9 Å². The number of hydrogen-bond acceptors (Lipinski definition) is 5. The van der Waals surface area contributed by atoms with Gasteiger partial charge in [-0.1, -0.05) is 19.0 Å². The zero-order valence-electron chi connectivity index (χ0n) is 18.9. The van der Waals surface area contributed by atoms with Gasteiger partial charge >= 0.3 is 0 Å². The Morgan fingerprint density at radius 1 is 1.10 bits per heavy atom. The summed E-state index contributed by atoms with van der Waals surface area (Å²) in [5.41, 5.74) is 1.18. The first-order chi connectivity index (χ1) is 14.5. The first-order valence-corrected chi connectivity index (χ1v) is 12.6. The summed E-state index contributed by atoms with van der Waals surface area (Å²) >= 11 is 0. The van der Waals surface area contributed by atoms with Gasteiger partial charge in [-0.15, -0.1) is 0 Å². The Bertz CT molecular complexity index is 703. The Hall–Kier alpha value is -0.940. The highest BCUT2D eigenvalue weighted by molar-refractivity contribution is 5.88. The standard InChI is InChI=1S/C25H40N2O3/c1-3-17-20-5-4-18-19-6-7-23(29)24(19,2)11-8-21(18)25(20,15-28)12-9-22(17)27-30-16-10-13-26-14-16/h16-21,26,28H,3-15H2,1-2H3. The van der Waals surface area contributed by atoms with Crippen LogP contribution < -0.4 is 5.32 Å². The molecule has 0 spiro atoms. The van der Waals surface area contributed by atoms with Crippen LogP contribution >= 0.6 is 0 Å². The van der Waals surface area contributed by atoms with E-state index in [9.17, 15) is 9.90 Å². The lowest BCUT2D eigenvalue weighted by atomic mass is 9.43. The average Bonchev–Trinajstić information content (AvgIpc) is 3.39. The predicted molar refractivity (Wildman–Crippen MR) is 117 cm³/mol. The van der Waals surface area contributed by atoms with Crippen LogP contribution in [0.3, 0.4) is 0 Å². The number of nitrogens with zero attached hydrogens (tertiary/aromatic N) is 1. The number of aliphatic hydroxyl groups excluding tert-OH is 1. The highest BCUT2D eigenvalue weighted by Gasteiger charge is 2.62. The Balaban J connectivity index is 1.40. The molecule has 5 heteroatoms. The molecule has 0 bridgehead atoms. The van der Waals surface area contributed by atoms with Gasteiger partial charge in [0.15, 0.2) is 0 Å². The van der Waals surface area contributed by atoms with Crippen molar-refractivity contribution in [3.05, 3.63) is 0 Å². The number of carbonyl (C=O) groups is 1. The monoisotopic (exact) mass is 416 g/mol. The minimum Gasteiger partial charge on any atom is -0.396 e. The van der Waals surface area contributed by atoms with Gasteiger partial charge in [0.25, 0.3) is 0 Å². The lowest BCUT2D eigenvalue weighted by Gasteiger charge is -2.61. The number of fused-ring (bicyclic) bond motifs is 5. The van der Waals surface area contributed by atoms with Crippen molar-refractivity contribution in [2.45, 2.75) is 84.2 Å². The maximum Gasteiger partial charge on any atom is 0.141 e. The van der Waals surface area contributed by atoms with E-state index < -0.39 is 0 Å². The normalized spacial score (nSPS) is 49.6. The second kappa shape index (κ2) is 7.88.